The molecule has 0 saturated carbocycles. The van der Waals surface area contributed by atoms with Crippen LogP contribution in [0, 0.1) is 5.82 Å². The van der Waals surface area contributed by atoms with Crippen molar-refractivity contribution in [2.24, 2.45) is 0 Å². The maximum Gasteiger partial charge on any atom is 0.251 e. The molecule has 7 nitrogen and oxygen atoms in total. The smallest absolute Gasteiger partial charge is 0.251 e. The first kappa shape index (κ1) is 27.2. The second kappa shape index (κ2) is 11.2. The van der Waals surface area contributed by atoms with E-state index in [1.807, 2.05) is 12.1 Å². The molecule has 2 aromatic heterocycles. The second-order valence-electron chi connectivity index (χ2n) is 11.1. The number of anilines is 1. The van der Waals surface area contributed by atoms with Crippen molar-refractivity contribution in [3.05, 3.63) is 76.6 Å². The van der Waals surface area contributed by atoms with Gasteiger partial charge in [0.1, 0.15) is 5.82 Å². The van der Waals surface area contributed by atoms with Crippen molar-refractivity contribution in [1.82, 2.24) is 14.5 Å². The number of aromatic nitrogens is 3. The molecule has 1 atom stereocenters. The molecule has 1 fully saturated rings. The Balaban J connectivity index is 1.61. The zero-order valence-electron chi connectivity index (χ0n) is 22.3. The van der Waals surface area contributed by atoms with E-state index in [1.54, 1.807) is 35.2 Å². The Morgan fingerprint density at radius 2 is 1.95 bits per heavy atom. The molecule has 9 heteroatoms. The van der Waals surface area contributed by atoms with Crippen LogP contribution in [0.4, 0.5) is 10.3 Å². The largest absolute Gasteiger partial charge is 0.414 e. The van der Waals surface area contributed by atoms with Gasteiger partial charge in [0.2, 0.25) is 5.95 Å². The normalized spacial score (nSPS) is 15.9. The maximum atomic E-state index is 14.2. The van der Waals surface area contributed by atoms with Crippen LogP contribution in [0.2, 0.25) is 18.1 Å². The van der Waals surface area contributed by atoms with Crippen LogP contribution in [0.1, 0.15) is 45.2 Å². The molecule has 37 heavy (non-hydrogen) atoms. The summed E-state index contributed by atoms with van der Waals surface area (Å²) in [5.74, 6) is 0.194. The molecule has 0 aliphatic carbocycles. The van der Waals surface area contributed by atoms with Crippen LogP contribution < -0.4 is 10.9 Å². The van der Waals surface area contributed by atoms with E-state index in [9.17, 15) is 9.18 Å². The number of nitrogens with one attached hydrogen (secondary N) is 1. The molecule has 1 N–H and O–H groups in total. The number of ether oxygens (including phenoxy) is 1. The average Bonchev–Trinajstić information content (AvgIpc) is 2.85. The Kier molecular flexibility index (Phi) is 8.25. The molecular weight excluding hydrogens is 487 g/mol. The topological polar surface area (TPSA) is 78.3 Å². The molecule has 4 rings (SSSR count). The average molecular weight is 525 g/mol. The van der Waals surface area contributed by atoms with Gasteiger partial charge >= 0.3 is 0 Å². The van der Waals surface area contributed by atoms with E-state index in [2.05, 4.69) is 49.1 Å². The van der Waals surface area contributed by atoms with Crippen LogP contribution in [-0.4, -0.2) is 48.7 Å². The highest BCUT2D eigenvalue weighted by Crippen LogP contribution is 2.37. The zero-order valence-corrected chi connectivity index (χ0v) is 23.3. The Morgan fingerprint density at radius 1 is 1.19 bits per heavy atom. The lowest BCUT2D eigenvalue weighted by molar-refractivity contribution is 0.0903. The minimum atomic E-state index is -2.09. The Hall–Kier alpha value is -2.88. The molecule has 0 amide bonds. The molecule has 1 aromatic carbocycles. The maximum absolute atomic E-state index is 14.2. The molecule has 1 aliphatic heterocycles. The van der Waals surface area contributed by atoms with Gasteiger partial charge in [-0.15, -0.1) is 0 Å². The van der Waals surface area contributed by atoms with Gasteiger partial charge in [-0.2, -0.15) is 0 Å². The summed E-state index contributed by atoms with van der Waals surface area (Å²) in [5, 5.41) is 3.38. The number of hydrogen-bond donors (Lipinski definition) is 1. The highest BCUT2D eigenvalue weighted by atomic mass is 28.4. The van der Waals surface area contributed by atoms with Crippen molar-refractivity contribution in [2.75, 3.05) is 25.1 Å². The lowest BCUT2D eigenvalue weighted by atomic mass is 10.1. The van der Waals surface area contributed by atoms with Crippen molar-refractivity contribution in [2.45, 2.75) is 63.8 Å². The molecule has 3 heterocycles. The molecule has 0 bridgehead atoms. The standard InChI is InChI=1S/C28H37FN4O3Si/c1-28(2,3)37(4,5)36-19-25(21-7-6-8-22(29)17-21)33-14-10-20(18-26(33)34)24-9-13-30-27(32-24)31-23-11-15-35-16-12-23/h6-10,13-14,17-18,23,25H,11-12,15-16,19H2,1-5H3,(H,30,31,32). The highest BCUT2D eigenvalue weighted by Gasteiger charge is 2.38. The number of hydrogen-bond acceptors (Lipinski definition) is 6. The molecule has 3 aromatic rings. The lowest BCUT2D eigenvalue weighted by Crippen LogP contribution is -2.43. The molecule has 1 saturated heterocycles. The third kappa shape index (κ3) is 6.71. The Labute approximate surface area is 219 Å². The Bertz CT molecular complexity index is 1270. The van der Waals surface area contributed by atoms with Gasteiger partial charge in [0.15, 0.2) is 8.32 Å². The number of pyridine rings is 1. The summed E-state index contributed by atoms with van der Waals surface area (Å²) in [4.78, 5) is 22.4. The van der Waals surface area contributed by atoms with Crippen LogP contribution in [0.5, 0.6) is 0 Å². The van der Waals surface area contributed by atoms with Gasteiger partial charge in [-0.3, -0.25) is 4.79 Å². The molecular formula is C28H37FN4O3Si. The van der Waals surface area contributed by atoms with E-state index in [0.717, 1.165) is 26.1 Å². The van der Waals surface area contributed by atoms with Gasteiger partial charge in [-0.1, -0.05) is 32.9 Å². The highest BCUT2D eigenvalue weighted by molar-refractivity contribution is 6.74. The van der Waals surface area contributed by atoms with E-state index in [1.165, 1.54) is 12.1 Å². The molecule has 1 aliphatic rings. The van der Waals surface area contributed by atoms with Crippen molar-refractivity contribution in [1.29, 1.82) is 0 Å². The van der Waals surface area contributed by atoms with Crippen LogP contribution in [0.25, 0.3) is 11.3 Å². The summed E-state index contributed by atoms with van der Waals surface area (Å²) in [6.45, 7) is 12.6. The van der Waals surface area contributed by atoms with Gasteiger partial charge in [-0.25, -0.2) is 14.4 Å². The molecule has 1 unspecified atom stereocenters. The second-order valence-corrected chi connectivity index (χ2v) is 15.9. The molecule has 198 valence electrons. The van der Waals surface area contributed by atoms with Crippen LogP contribution in [0.15, 0.2) is 59.7 Å². The fourth-order valence-corrected chi connectivity index (χ4v) is 5.08. The summed E-state index contributed by atoms with van der Waals surface area (Å²) in [5.41, 5.74) is 1.84. The fourth-order valence-electron chi connectivity index (χ4n) is 4.07. The third-order valence-corrected chi connectivity index (χ3v) is 11.9. The van der Waals surface area contributed by atoms with E-state index >= 15 is 0 Å². The van der Waals surface area contributed by atoms with E-state index < -0.39 is 14.4 Å². The summed E-state index contributed by atoms with van der Waals surface area (Å²) in [7, 11) is -2.09. The third-order valence-electron chi connectivity index (χ3n) is 7.43. The minimum absolute atomic E-state index is 0.0116. The summed E-state index contributed by atoms with van der Waals surface area (Å²) in [6.07, 6.45) is 5.25. The number of halogens is 1. The van der Waals surface area contributed by atoms with Crippen molar-refractivity contribution >= 4 is 14.3 Å². The van der Waals surface area contributed by atoms with Crippen molar-refractivity contribution in [3.63, 3.8) is 0 Å². The van der Waals surface area contributed by atoms with Crippen LogP contribution in [-0.2, 0) is 9.16 Å². The van der Waals surface area contributed by atoms with E-state index in [4.69, 9.17) is 9.16 Å². The van der Waals surface area contributed by atoms with Crippen molar-refractivity contribution in [3.8, 4) is 11.3 Å². The molecule has 0 spiro atoms. The summed E-state index contributed by atoms with van der Waals surface area (Å²) >= 11 is 0. The number of nitrogens with zero attached hydrogens (tertiary/aromatic N) is 3. The Morgan fingerprint density at radius 3 is 2.62 bits per heavy atom. The van der Waals surface area contributed by atoms with E-state index in [-0.39, 0.29) is 29.1 Å². The van der Waals surface area contributed by atoms with Gasteiger partial charge in [0.05, 0.1) is 18.3 Å². The summed E-state index contributed by atoms with van der Waals surface area (Å²) in [6, 6.07) is 11.4. The minimum Gasteiger partial charge on any atom is -0.414 e. The molecule has 0 radical (unpaired) electrons. The first-order valence-corrected chi connectivity index (χ1v) is 15.7. The van der Waals surface area contributed by atoms with Crippen LogP contribution in [0.3, 0.4) is 0 Å². The SMILES string of the molecule is CC(C)(C)[Si](C)(C)OCC(c1cccc(F)c1)n1ccc(-c2ccnc(NC3CCOCC3)n2)cc1=O. The van der Waals surface area contributed by atoms with Gasteiger partial charge in [0, 0.05) is 43.3 Å². The number of rotatable bonds is 8. The zero-order chi connectivity index (χ0) is 26.6. The predicted octanol–water partition coefficient (Wildman–Crippen LogP) is 5.65. The quantitative estimate of drug-likeness (QED) is 0.384. The van der Waals surface area contributed by atoms with Gasteiger partial charge in [-0.05, 0) is 60.8 Å². The summed E-state index contributed by atoms with van der Waals surface area (Å²) < 4.78 is 27.7. The number of benzene rings is 1. The van der Waals surface area contributed by atoms with Crippen LogP contribution >= 0.6 is 0 Å². The van der Waals surface area contributed by atoms with E-state index in [0.29, 0.717) is 22.8 Å². The first-order chi connectivity index (χ1) is 17.5. The predicted molar refractivity (Wildman–Crippen MR) is 147 cm³/mol. The van der Waals surface area contributed by atoms with Crippen molar-refractivity contribution < 1.29 is 13.6 Å². The lowest BCUT2D eigenvalue weighted by Gasteiger charge is -2.37. The monoisotopic (exact) mass is 524 g/mol. The van der Waals surface area contributed by atoms with Gasteiger partial charge < -0.3 is 19.0 Å². The van der Waals surface area contributed by atoms with Gasteiger partial charge in [0.25, 0.3) is 5.56 Å². The fraction of sp³-hybridized carbons (Fsp3) is 0.464. The first-order valence-electron chi connectivity index (χ1n) is 12.8.